The number of carbonyl (C=O) groups excluding carboxylic acids is 1. The number of rotatable bonds is 13. The van der Waals surface area contributed by atoms with Crippen LogP contribution in [0.3, 0.4) is 0 Å². The van der Waals surface area contributed by atoms with Crippen molar-refractivity contribution in [2.24, 2.45) is 5.73 Å². The van der Waals surface area contributed by atoms with Crippen molar-refractivity contribution in [3.8, 4) is 16.9 Å². The molecule has 1 heterocycles. The van der Waals surface area contributed by atoms with E-state index >= 15 is 0 Å². The average molecular weight is 535 g/mol. The topological polar surface area (TPSA) is 83.7 Å². The molecular formula is C31H35ClN2O4. The van der Waals surface area contributed by atoms with Gasteiger partial charge in [-0.25, -0.2) is 4.79 Å². The zero-order valence-corrected chi connectivity index (χ0v) is 22.6. The van der Waals surface area contributed by atoms with Gasteiger partial charge in [0.1, 0.15) is 5.75 Å². The number of aromatic nitrogens is 1. The minimum Gasteiger partial charge on any atom is -0.490 e. The molecule has 1 atom stereocenters. The van der Waals surface area contributed by atoms with Crippen molar-refractivity contribution < 1.29 is 19.0 Å². The first-order chi connectivity index (χ1) is 18.4. The zero-order valence-electron chi connectivity index (χ0n) is 21.8. The maximum atomic E-state index is 10.7. The van der Waals surface area contributed by atoms with Crippen LogP contribution in [-0.2, 0) is 21.7 Å². The molecule has 0 unspecified atom stereocenters. The van der Waals surface area contributed by atoms with Gasteiger partial charge >= 0.3 is 6.09 Å². The first-order valence-electron chi connectivity index (χ1n) is 13.5. The van der Waals surface area contributed by atoms with Gasteiger partial charge in [0.25, 0.3) is 0 Å². The molecule has 2 fully saturated rings. The molecule has 2 aliphatic rings. The van der Waals surface area contributed by atoms with E-state index in [0.717, 1.165) is 72.9 Å². The van der Waals surface area contributed by atoms with Crippen molar-refractivity contribution in [3.63, 3.8) is 0 Å². The molecular weight excluding hydrogens is 500 g/mol. The fourth-order valence-corrected chi connectivity index (χ4v) is 5.05. The van der Waals surface area contributed by atoms with Gasteiger partial charge in [-0.2, -0.15) is 0 Å². The van der Waals surface area contributed by atoms with Crippen molar-refractivity contribution in [3.05, 3.63) is 82.6 Å². The number of amides is 1. The van der Waals surface area contributed by atoms with Gasteiger partial charge in [0.05, 0.1) is 24.9 Å². The van der Waals surface area contributed by atoms with Gasteiger partial charge in [-0.05, 0) is 85.8 Å². The average Bonchev–Trinajstić information content (AvgIpc) is 3.85. The lowest BCUT2D eigenvalue weighted by Gasteiger charge is -2.22. The minimum absolute atomic E-state index is 0.327. The molecule has 0 spiro atoms. The number of benzene rings is 2. The zero-order chi connectivity index (χ0) is 26.5. The number of halogens is 1. The standard InChI is InChI=1S/C31H35ClN2O4/c1-21(6-4-5-17-36-30(33)35)22-9-12-28(32)23(18-22)20-37-31(14-15-31)27-19-34-16-13-25(27)26-7-2-3-8-29(26)38-24-10-11-24/h2-3,7-9,12-13,16,18-19,21,24H,4-6,10-11,14-15,17,20H2,1H3,(H2,33,35)/t21-/m1/s1. The first-order valence-corrected chi connectivity index (χ1v) is 13.9. The molecule has 0 saturated heterocycles. The highest BCUT2D eigenvalue weighted by molar-refractivity contribution is 6.31. The van der Waals surface area contributed by atoms with Crippen LogP contribution in [0.15, 0.2) is 60.9 Å². The quantitative estimate of drug-likeness (QED) is 0.229. The van der Waals surface area contributed by atoms with E-state index in [9.17, 15) is 4.79 Å². The van der Waals surface area contributed by atoms with Gasteiger partial charge in [-0.3, -0.25) is 4.98 Å². The predicted octanol–water partition coefficient (Wildman–Crippen LogP) is 7.52. The fourth-order valence-electron chi connectivity index (χ4n) is 4.87. The largest absolute Gasteiger partial charge is 0.490 e. The van der Waals surface area contributed by atoms with Gasteiger partial charge < -0.3 is 19.9 Å². The Hall–Kier alpha value is -3.09. The summed E-state index contributed by atoms with van der Waals surface area (Å²) in [5, 5.41) is 0.709. The molecule has 2 aliphatic carbocycles. The summed E-state index contributed by atoms with van der Waals surface area (Å²) in [6, 6.07) is 16.5. The monoisotopic (exact) mass is 534 g/mol. The van der Waals surface area contributed by atoms with Crippen molar-refractivity contribution in [2.45, 2.75) is 76.1 Å². The number of primary amides is 1. The number of hydrogen-bond acceptors (Lipinski definition) is 5. The van der Waals surface area contributed by atoms with Gasteiger partial charge in [0, 0.05) is 28.5 Å². The normalized spacial score (nSPS) is 16.6. The predicted molar refractivity (Wildman–Crippen MR) is 148 cm³/mol. The Morgan fingerprint density at radius 2 is 1.95 bits per heavy atom. The summed E-state index contributed by atoms with van der Waals surface area (Å²) >= 11 is 6.60. The van der Waals surface area contributed by atoms with Crippen LogP contribution in [0.1, 0.15) is 74.5 Å². The summed E-state index contributed by atoms with van der Waals surface area (Å²) in [7, 11) is 0. The van der Waals surface area contributed by atoms with Crippen molar-refractivity contribution in [2.75, 3.05) is 6.61 Å². The molecule has 6 nitrogen and oxygen atoms in total. The second kappa shape index (κ2) is 11.7. The van der Waals surface area contributed by atoms with Crippen LogP contribution >= 0.6 is 11.6 Å². The smallest absolute Gasteiger partial charge is 0.404 e. The number of unbranched alkanes of at least 4 members (excludes halogenated alkanes) is 1. The molecule has 1 aromatic heterocycles. The molecule has 0 radical (unpaired) electrons. The third kappa shape index (κ3) is 6.48. The maximum Gasteiger partial charge on any atom is 0.404 e. The Kier molecular flexibility index (Phi) is 8.20. The molecule has 1 amide bonds. The lowest BCUT2D eigenvalue weighted by molar-refractivity contribution is 0.0173. The number of nitrogens with zero attached hydrogens (tertiary/aromatic N) is 1. The van der Waals surface area contributed by atoms with Crippen LogP contribution in [0, 0.1) is 0 Å². The highest BCUT2D eigenvalue weighted by Gasteiger charge is 2.47. The summed E-state index contributed by atoms with van der Waals surface area (Å²) in [5.74, 6) is 1.27. The van der Waals surface area contributed by atoms with Crippen LogP contribution in [-0.4, -0.2) is 23.8 Å². The minimum atomic E-state index is -0.719. The summed E-state index contributed by atoms with van der Waals surface area (Å²) < 4.78 is 17.7. The fraction of sp³-hybridized carbons (Fsp3) is 0.419. The Labute approximate surface area is 229 Å². The Morgan fingerprint density at radius 1 is 1.13 bits per heavy atom. The lowest BCUT2D eigenvalue weighted by atomic mass is 9.94. The van der Waals surface area contributed by atoms with Crippen molar-refractivity contribution in [1.29, 1.82) is 0 Å². The van der Waals surface area contributed by atoms with Gasteiger partial charge in [-0.15, -0.1) is 0 Å². The van der Waals surface area contributed by atoms with E-state index in [2.05, 4.69) is 48.3 Å². The summed E-state index contributed by atoms with van der Waals surface area (Å²) in [6.07, 6.45) is 10.2. The second-order valence-corrected chi connectivity index (χ2v) is 10.8. The molecule has 0 aliphatic heterocycles. The summed E-state index contributed by atoms with van der Waals surface area (Å²) in [4.78, 5) is 15.2. The molecule has 7 heteroatoms. The number of para-hydroxylation sites is 1. The molecule has 200 valence electrons. The number of hydrogen-bond donors (Lipinski definition) is 1. The molecule has 2 saturated carbocycles. The second-order valence-electron chi connectivity index (χ2n) is 10.4. The van der Waals surface area contributed by atoms with Crippen LogP contribution in [0.4, 0.5) is 4.79 Å². The third-order valence-electron chi connectivity index (χ3n) is 7.43. The van der Waals surface area contributed by atoms with Crippen LogP contribution in [0.2, 0.25) is 5.02 Å². The molecule has 2 aromatic carbocycles. The number of ether oxygens (including phenoxy) is 3. The van der Waals surface area contributed by atoms with E-state index in [1.807, 2.05) is 24.5 Å². The molecule has 2 N–H and O–H groups in total. The number of nitrogens with two attached hydrogens (primary N) is 1. The van der Waals surface area contributed by atoms with Crippen LogP contribution < -0.4 is 10.5 Å². The summed E-state index contributed by atoms with van der Waals surface area (Å²) in [5.41, 5.74) is 10.2. The van der Waals surface area contributed by atoms with E-state index in [1.54, 1.807) is 0 Å². The number of pyridine rings is 1. The van der Waals surface area contributed by atoms with Crippen molar-refractivity contribution >= 4 is 17.7 Å². The van der Waals surface area contributed by atoms with Gasteiger partial charge in [0.15, 0.2) is 0 Å². The molecule has 5 rings (SSSR count). The van der Waals surface area contributed by atoms with E-state index in [4.69, 9.17) is 31.5 Å². The van der Waals surface area contributed by atoms with E-state index in [1.165, 1.54) is 5.56 Å². The van der Waals surface area contributed by atoms with Gasteiger partial charge in [0.2, 0.25) is 0 Å². The lowest BCUT2D eigenvalue weighted by Crippen LogP contribution is -2.14. The summed E-state index contributed by atoms with van der Waals surface area (Å²) in [6.45, 7) is 2.99. The third-order valence-corrected chi connectivity index (χ3v) is 7.80. The molecule has 0 bridgehead atoms. The Morgan fingerprint density at radius 3 is 2.71 bits per heavy atom. The molecule has 3 aromatic rings. The van der Waals surface area contributed by atoms with E-state index in [0.29, 0.717) is 30.3 Å². The number of carbonyl (C=O) groups is 1. The van der Waals surface area contributed by atoms with Crippen LogP contribution in [0.25, 0.3) is 11.1 Å². The maximum absolute atomic E-state index is 10.7. The Bertz CT molecular complexity index is 1270. The first kappa shape index (κ1) is 26.5. The Balaban J connectivity index is 1.28. The van der Waals surface area contributed by atoms with E-state index in [-0.39, 0.29) is 5.60 Å². The van der Waals surface area contributed by atoms with E-state index < -0.39 is 6.09 Å². The molecule has 38 heavy (non-hydrogen) atoms. The highest BCUT2D eigenvalue weighted by atomic mass is 35.5. The van der Waals surface area contributed by atoms with Crippen molar-refractivity contribution in [1.82, 2.24) is 4.98 Å². The SMILES string of the molecule is C[C@H](CCCCOC(N)=O)c1ccc(Cl)c(COC2(c3cnccc3-c3ccccc3OC3CC3)CC2)c1. The highest BCUT2D eigenvalue weighted by Crippen LogP contribution is 2.53. The van der Waals surface area contributed by atoms with Gasteiger partial charge in [-0.1, -0.05) is 48.9 Å². The van der Waals surface area contributed by atoms with Crippen LogP contribution in [0.5, 0.6) is 5.75 Å².